The third-order valence-corrected chi connectivity index (χ3v) is 3.39. The lowest BCUT2D eigenvalue weighted by atomic mass is 10.0. The third-order valence-electron chi connectivity index (χ3n) is 3.18. The monoisotopic (exact) mass is 308 g/mol. The average molecular weight is 309 g/mol. The van der Waals surface area contributed by atoms with Crippen LogP contribution in [-0.2, 0) is 6.42 Å². The summed E-state index contributed by atoms with van der Waals surface area (Å²) >= 11 is 5.74. The number of carbonyl (C=O) groups is 1. The SMILES string of the molecule is O=C(O)c1ccc(Nc2cc(Cl)ncc2F)c2c1CCO2. The van der Waals surface area contributed by atoms with Crippen molar-refractivity contribution in [3.63, 3.8) is 0 Å². The van der Waals surface area contributed by atoms with Gasteiger partial charge in [0.25, 0.3) is 0 Å². The highest BCUT2D eigenvalue weighted by Crippen LogP contribution is 2.38. The van der Waals surface area contributed by atoms with Crippen LogP contribution in [0, 0.1) is 5.82 Å². The van der Waals surface area contributed by atoms with Crippen LogP contribution >= 0.6 is 11.6 Å². The fraction of sp³-hybridized carbons (Fsp3) is 0.143. The predicted molar refractivity (Wildman–Crippen MR) is 75.1 cm³/mol. The van der Waals surface area contributed by atoms with Crippen molar-refractivity contribution in [3.8, 4) is 5.75 Å². The van der Waals surface area contributed by atoms with E-state index in [4.69, 9.17) is 21.4 Å². The maximum atomic E-state index is 13.7. The van der Waals surface area contributed by atoms with Gasteiger partial charge in [-0.3, -0.25) is 0 Å². The number of pyridine rings is 1. The van der Waals surface area contributed by atoms with E-state index in [1.807, 2.05) is 0 Å². The van der Waals surface area contributed by atoms with E-state index in [0.29, 0.717) is 30.0 Å². The second-order valence-corrected chi connectivity index (χ2v) is 4.87. The Hall–Kier alpha value is -2.34. The molecular weight excluding hydrogens is 299 g/mol. The first-order chi connectivity index (χ1) is 10.1. The van der Waals surface area contributed by atoms with E-state index in [1.54, 1.807) is 6.07 Å². The molecule has 0 amide bonds. The van der Waals surface area contributed by atoms with Crippen molar-refractivity contribution in [2.45, 2.75) is 6.42 Å². The van der Waals surface area contributed by atoms with E-state index in [1.165, 1.54) is 12.1 Å². The Balaban J connectivity index is 2.02. The van der Waals surface area contributed by atoms with Gasteiger partial charge in [0.05, 0.1) is 29.7 Å². The van der Waals surface area contributed by atoms with Crippen LogP contribution in [0.1, 0.15) is 15.9 Å². The molecule has 0 bridgehead atoms. The smallest absolute Gasteiger partial charge is 0.336 e. The number of hydrogen-bond donors (Lipinski definition) is 2. The van der Waals surface area contributed by atoms with Gasteiger partial charge in [-0.2, -0.15) is 0 Å². The van der Waals surface area contributed by atoms with E-state index in [-0.39, 0.29) is 16.4 Å². The minimum absolute atomic E-state index is 0.149. The molecule has 7 heteroatoms. The van der Waals surface area contributed by atoms with Gasteiger partial charge in [0, 0.05) is 18.1 Å². The van der Waals surface area contributed by atoms with Gasteiger partial charge < -0.3 is 15.2 Å². The summed E-state index contributed by atoms with van der Waals surface area (Å²) in [5.74, 6) is -1.14. The van der Waals surface area contributed by atoms with Gasteiger partial charge >= 0.3 is 5.97 Å². The Bertz CT molecular complexity index is 736. The summed E-state index contributed by atoms with van der Waals surface area (Å²) in [5, 5.41) is 12.2. The summed E-state index contributed by atoms with van der Waals surface area (Å²) in [4.78, 5) is 14.8. The summed E-state index contributed by atoms with van der Waals surface area (Å²) < 4.78 is 19.2. The number of carboxylic acids is 1. The first-order valence-electron chi connectivity index (χ1n) is 6.16. The van der Waals surface area contributed by atoms with Gasteiger partial charge in [-0.25, -0.2) is 14.2 Å². The maximum absolute atomic E-state index is 13.7. The molecule has 108 valence electrons. The number of aromatic nitrogens is 1. The Morgan fingerprint density at radius 1 is 1.43 bits per heavy atom. The Labute approximate surface area is 124 Å². The molecule has 3 rings (SSSR count). The fourth-order valence-electron chi connectivity index (χ4n) is 2.25. The van der Waals surface area contributed by atoms with E-state index in [2.05, 4.69) is 10.3 Å². The highest BCUT2D eigenvalue weighted by atomic mass is 35.5. The normalized spacial score (nSPS) is 12.7. The van der Waals surface area contributed by atoms with Gasteiger partial charge in [0.2, 0.25) is 0 Å². The highest BCUT2D eigenvalue weighted by Gasteiger charge is 2.23. The third kappa shape index (κ3) is 2.50. The van der Waals surface area contributed by atoms with Crippen molar-refractivity contribution < 1.29 is 19.0 Å². The zero-order chi connectivity index (χ0) is 15.0. The van der Waals surface area contributed by atoms with Gasteiger partial charge in [-0.1, -0.05) is 11.6 Å². The molecule has 0 spiro atoms. The zero-order valence-corrected chi connectivity index (χ0v) is 11.4. The second kappa shape index (κ2) is 5.21. The van der Waals surface area contributed by atoms with Gasteiger partial charge in [0.15, 0.2) is 5.82 Å². The van der Waals surface area contributed by atoms with Crippen LogP contribution in [0.4, 0.5) is 15.8 Å². The fourth-order valence-corrected chi connectivity index (χ4v) is 2.41. The number of nitrogens with one attached hydrogen (secondary N) is 1. The largest absolute Gasteiger partial charge is 0.491 e. The van der Waals surface area contributed by atoms with Crippen molar-refractivity contribution in [2.75, 3.05) is 11.9 Å². The number of rotatable bonds is 3. The van der Waals surface area contributed by atoms with Crippen LogP contribution in [-0.4, -0.2) is 22.7 Å². The number of benzene rings is 1. The molecule has 0 fully saturated rings. The minimum atomic E-state index is -1.01. The summed E-state index contributed by atoms with van der Waals surface area (Å²) in [6.07, 6.45) is 1.52. The Morgan fingerprint density at radius 2 is 2.24 bits per heavy atom. The summed E-state index contributed by atoms with van der Waals surface area (Å²) in [7, 11) is 0. The van der Waals surface area contributed by atoms with Crippen molar-refractivity contribution in [3.05, 3.63) is 46.5 Å². The number of ether oxygens (including phenoxy) is 1. The molecule has 21 heavy (non-hydrogen) atoms. The van der Waals surface area contributed by atoms with Crippen LogP contribution in [0.15, 0.2) is 24.4 Å². The van der Waals surface area contributed by atoms with Crippen molar-refractivity contribution in [1.29, 1.82) is 0 Å². The second-order valence-electron chi connectivity index (χ2n) is 4.48. The maximum Gasteiger partial charge on any atom is 0.336 e. The standard InChI is InChI=1S/C14H10ClFN2O3/c15-12-5-11(9(16)6-17-12)18-10-2-1-8(14(19)20)7-3-4-21-13(7)10/h1-2,5-6H,3-4H2,(H,17,18)(H,19,20). The van der Waals surface area contributed by atoms with Gasteiger partial charge in [-0.15, -0.1) is 0 Å². The predicted octanol–water partition coefficient (Wildman–Crippen LogP) is 3.25. The molecular formula is C14H10ClFN2O3. The molecule has 0 saturated carbocycles. The quantitative estimate of drug-likeness (QED) is 0.852. The molecule has 2 heterocycles. The molecule has 0 aliphatic carbocycles. The Morgan fingerprint density at radius 3 is 3.00 bits per heavy atom. The molecule has 1 aliphatic rings. The lowest BCUT2D eigenvalue weighted by molar-refractivity contribution is 0.0696. The summed E-state index contributed by atoms with van der Waals surface area (Å²) in [6, 6.07) is 4.36. The lowest BCUT2D eigenvalue weighted by Gasteiger charge is -2.13. The molecule has 0 atom stereocenters. The van der Waals surface area contributed by atoms with E-state index >= 15 is 0 Å². The topological polar surface area (TPSA) is 71.5 Å². The molecule has 0 unspecified atom stereocenters. The number of carboxylic acid groups (broad SMARTS) is 1. The van der Waals surface area contributed by atoms with Crippen LogP contribution in [0.3, 0.4) is 0 Å². The summed E-state index contributed by atoms with van der Waals surface area (Å²) in [6.45, 7) is 0.397. The first kappa shape index (κ1) is 13.6. The number of hydrogen-bond acceptors (Lipinski definition) is 4. The highest BCUT2D eigenvalue weighted by molar-refractivity contribution is 6.29. The molecule has 1 aliphatic heterocycles. The Kier molecular flexibility index (Phi) is 3.39. The van der Waals surface area contributed by atoms with Crippen LogP contribution in [0.25, 0.3) is 0 Å². The van der Waals surface area contributed by atoms with Crippen molar-refractivity contribution >= 4 is 28.9 Å². The number of halogens is 2. The lowest BCUT2D eigenvalue weighted by Crippen LogP contribution is -2.03. The molecule has 2 aromatic rings. The molecule has 1 aromatic heterocycles. The molecule has 0 saturated heterocycles. The van der Waals surface area contributed by atoms with Crippen LogP contribution in [0.5, 0.6) is 5.75 Å². The van der Waals surface area contributed by atoms with Gasteiger partial charge in [0.1, 0.15) is 10.9 Å². The van der Waals surface area contributed by atoms with Crippen molar-refractivity contribution in [1.82, 2.24) is 4.98 Å². The first-order valence-corrected chi connectivity index (χ1v) is 6.54. The van der Waals surface area contributed by atoms with E-state index < -0.39 is 11.8 Å². The average Bonchev–Trinajstić information content (AvgIpc) is 2.92. The molecule has 1 aromatic carbocycles. The van der Waals surface area contributed by atoms with Crippen LogP contribution < -0.4 is 10.1 Å². The number of nitrogens with zero attached hydrogens (tertiary/aromatic N) is 1. The minimum Gasteiger partial charge on any atom is -0.491 e. The number of anilines is 2. The molecule has 5 nitrogen and oxygen atoms in total. The number of fused-ring (bicyclic) bond motifs is 1. The van der Waals surface area contributed by atoms with E-state index in [0.717, 1.165) is 6.20 Å². The molecule has 0 radical (unpaired) electrons. The zero-order valence-electron chi connectivity index (χ0n) is 10.7. The van der Waals surface area contributed by atoms with Crippen LogP contribution in [0.2, 0.25) is 5.15 Å². The molecule has 2 N–H and O–H groups in total. The van der Waals surface area contributed by atoms with Crippen molar-refractivity contribution in [2.24, 2.45) is 0 Å². The number of aromatic carboxylic acids is 1. The van der Waals surface area contributed by atoms with Gasteiger partial charge in [-0.05, 0) is 12.1 Å². The van der Waals surface area contributed by atoms with E-state index in [9.17, 15) is 9.18 Å². The summed E-state index contributed by atoms with van der Waals surface area (Å²) in [5.41, 5.74) is 1.44.